The quantitative estimate of drug-likeness (QED) is 0.711. The summed E-state index contributed by atoms with van der Waals surface area (Å²) in [6.07, 6.45) is 3.66. The van der Waals surface area contributed by atoms with Crippen molar-refractivity contribution in [2.75, 3.05) is 26.8 Å². The number of amides is 1. The van der Waals surface area contributed by atoms with E-state index in [4.69, 9.17) is 4.74 Å². The van der Waals surface area contributed by atoms with Gasteiger partial charge in [-0.05, 0) is 35.2 Å². The maximum atomic E-state index is 12.3. The number of hydrogen-bond acceptors (Lipinski definition) is 4. The molecule has 1 aromatic carbocycles. The van der Waals surface area contributed by atoms with Crippen LogP contribution in [-0.4, -0.2) is 42.6 Å². The first-order valence-corrected chi connectivity index (χ1v) is 9.06. The Kier molecular flexibility index (Phi) is 8.25. The van der Waals surface area contributed by atoms with Crippen LogP contribution in [0.2, 0.25) is 0 Å². The fourth-order valence-electron chi connectivity index (χ4n) is 2.65. The number of rotatable bonds is 10. The highest BCUT2D eigenvalue weighted by Crippen LogP contribution is 2.12. The standard InChI is InChI=1S/C21H29N3O2/c1-17(2)13-23-21(25)20-8-4-6-18(12-20)15-24(10-11-26-3)16-19-7-5-9-22-14-19/h4-9,12,14,17H,10-11,13,15-16H2,1-3H3,(H,23,25). The van der Waals surface area contributed by atoms with E-state index in [-0.39, 0.29) is 5.91 Å². The van der Waals surface area contributed by atoms with Crippen molar-refractivity contribution in [3.8, 4) is 0 Å². The van der Waals surface area contributed by atoms with Gasteiger partial charge in [0.1, 0.15) is 0 Å². The molecule has 2 aromatic rings. The van der Waals surface area contributed by atoms with Crippen LogP contribution in [0.25, 0.3) is 0 Å². The van der Waals surface area contributed by atoms with Gasteiger partial charge in [-0.25, -0.2) is 0 Å². The molecule has 0 saturated heterocycles. The average molecular weight is 355 g/mol. The predicted molar refractivity (Wildman–Crippen MR) is 104 cm³/mol. The Morgan fingerprint density at radius 1 is 1.19 bits per heavy atom. The molecule has 5 nitrogen and oxygen atoms in total. The molecule has 0 aliphatic heterocycles. The van der Waals surface area contributed by atoms with Crippen LogP contribution in [0, 0.1) is 5.92 Å². The molecule has 140 valence electrons. The number of pyridine rings is 1. The minimum absolute atomic E-state index is 0.0174. The van der Waals surface area contributed by atoms with Crippen LogP contribution in [-0.2, 0) is 17.8 Å². The highest BCUT2D eigenvalue weighted by molar-refractivity contribution is 5.94. The Hall–Kier alpha value is -2.24. The lowest BCUT2D eigenvalue weighted by molar-refractivity contribution is 0.0948. The maximum absolute atomic E-state index is 12.3. The van der Waals surface area contributed by atoms with Crippen molar-refractivity contribution in [3.05, 3.63) is 65.5 Å². The number of hydrogen-bond donors (Lipinski definition) is 1. The smallest absolute Gasteiger partial charge is 0.251 e. The summed E-state index contributed by atoms with van der Waals surface area (Å²) < 4.78 is 5.24. The highest BCUT2D eigenvalue weighted by atomic mass is 16.5. The molecule has 0 atom stereocenters. The summed E-state index contributed by atoms with van der Waals surface area (Å²) in [5.74, 6) is 0.419. The molecule has 1 heterocycles. The van der Waals surface area contributed by atoms with Gasteiger partial charge in [-0.1, -0.05) is 32.0 Å². The first kappa shape index (κ1) is 20.1. The molecule has 1 amide bonds. The van der Waals surface area contributed by atoms with E-state index in [0.29, 0.717) is 24.6 Å². The van der Waals surface area contributed by atoms with E-state index in [0.717, 1.165) is 30.8 Å². The van der Waals surface area contributed by atoms with Gasteiger partial charge in [-0.3, -0.25) is 14.7 Å². The van der Waals surface area contributed by atoms with Crippen molar-refractivity contribution in [2.45, 2.75) is 26.9 Å². The molecule has 0 aliphatic carbocycles. The van der Waals surface area contributed by atoms with Crippen molar-refractivity contribution in [1.29, 1.82) is 0 Å². The molecule has 26 heavy (non-hydrogen) atoms. The van der Waals surface area contributed by atoms with Crippen LogP contribution in [0.1, 0.15) is 35.3 Å². The molecule has 0 fully saturated rings. The molecule has 0 saturated carbocycles. The van der Waals surface area contributed by atoms with Gasteiger partial charge in [0.05, 0.1) is 6.61 Å². The summed E-state index contributed by atoms with van der Waals surface area (Å²) in [7, 11) is 1.71. The molecule has 0 spiro atoms. The predicted octanol–water partition coefficient (Wildman–Crippen LogP) is 3.12. The fourth-order valence-corrected chi connectivity index (χ4v) is 2.65. The number of ether oxygens (including phenoxy) is 1. The number of nitrogens with one attached hydrogen (secondary N) is 1. The molecule has 2 rings (SSSR count). The lowest BCUT2D eigenvalue weighted by atomic mass is 10.1. The Morgan fingerprint density at radius 2 is 1.96 bits per heavy atom. The fraction of sp³-hybridized carbons (Fsp3) is 0.429. The first-order chi connectivity index (χ1) is 12.6. The van der Waals surface area contributed by atoms with Crippen molar-refractivity contribution in [2.24, 2.45) is 5.92 Å². The van der Waals surface area contributed by atoms with Crippen molar-refractivity contribution >= 4 is 5.91 Å². The molecule has 0 bridgehead atoms. The minimum atomic E-state index is -0.0174. The average Bonchev–Trinajstić information content (AvgIpc) is 2.65. The molecule has 5 heteroatoms. The summed E-state index contributed by atoms with van der Waals surface area (Å²) in [5, 5.41) is 2.97. The number of carbonyl (C=O) groups excluding carboxylic acids is 1. The topological polar surface area (TPSA) is 54.5 Å². The third kappa shape index (κ3) is 6.94. The van der Waals surface area contributed by atoms with Gasteiger partial charge in [0.25, 0.3) is 5.91 Å². The van der Waals surface area contributed by atoms with Gasteiger partial charge in [0, 0.05) is 51.2 Å². The van der Waals surface area contributed by atoms with Crippen LogP contribution in [0.4, 0.5) is 0 Å². The normalized spacial score (nSPS) is 11.1. The zero-order chi connectivity index (χ0) is 18.8. The monoisotopic (exact) mass is 355 g/mol. The van der Waals surface area contributed by atoms with E-state index in [1.807, 2.05) is 30.5 Å². The lowest BCUT2D eigenvalue weighted by Gasteiger charge is -2.22. The number of aromatic nitrogens is 1. The van der Waals surface area contributed by atoms with Gasteiger partial charge < -0.3 is 10.1 Å². The minimum Gasteiger partial charge on any atom is -0.383 e. The Bertz CT molecular complexity index is 674. The first-order valence-electron chi connectivity index (χ1n) is 9.06. The van der Waals surface area contributed by atoms with Gasteiger partial charge in [-0.2, -0.15) is 0 Å². The van der Waals surface area contributed by atoms with Gasteiger partial charge in [-0.15, -0.1) is 0 Å². The number of carbonyl (C=O) groups is 1. The third-order valence-corrected chi connectivity index (χ3v) is 4.01. The van der Waals surface area contributed by atoms with E-state index in [9.17, 15) is 4.79 Å². The highest BCUT2D eigenvalue weighted by Gasteiger charge is 2.10. The van der Waals surface area contributed by atoms with Crippen molar-refractivity contribution < 1.29 is 9.53 Å². The van der Waals surface area contributed by atoms with Crippen LogP contribution in [0.5, 0.6) is 0 Å². The molecule has 1 aromatic heterocycles. The second-order valence-corrected chi connectivity index (χ2v) is 6.87. The van der Waals surface area contributed by atoms with Crippen LogP contribution >= 0.6 is 0 Å². The third-order valence-electron chi connectivity index (χ3n) is 4.01. The summed E-state index contributed by atoms with van der Waals surface area (Å²) >= 11 is 0. The van der Waals surface area contributed by atoms with E-state index < -0.39 is 0 Å². The van der Waals surface area contributed by atoms with Gasteiger partial charge in [0.15, 0.2) is 0 Å². The zero-order valence-electron chi connectivity index (χ0n) is 15.9. The van der Waals surface area contributed by atoms with E-state index in [1.54, 1.807) is 13.3 Å². The molecule has 0 unspecified atom stereocenters. The molecule has 0 radical (unpaired) electrons. The Balaban J connectivity index is 2.04. The maximum Gasteiger partial charge on any atom is 0.251 e. The van der Waals surface area contributed by atoms with Crippen molar-refractivity contribution in [1.82, 2.24) is 15.2 Å². The summed E-state index contributed by atoms with van der Waals surface area (Å²) in [5.41, 5.74) is 2.98. The van der Waals surface area contributed by atoms with E-state index in [2.05, 4.69) is 41.2 Å². The molecular formula is C21H29N3O2. The van der Waals surface area contributed by atoms with Gasteiger partial charge >= 0.3 is 0 Å². The van der Waals surface area contributed by atoms with E-state index in [1.165, 1.54) is 0 Å². The number of nitrogens with zero attached hydrogens (tertiary/aromatic N) is 2. The molecule has 0 aliphatic rings. The number of methoxy groups -OCH3 is 1. The second-order valence-electron chi connectivity index (χ2n) is 6.87. The number of benzene rings is 1. The Morgan fingerprint density at radius 3 is 2.65 bits per heavy atom. The van der Waals surface area contributed by atoms with Crippen LogP contribution < -0.4 is 5.32 Å². The lowest BCUT2D eigenvalue weighted by Crippen LogP contribution is -2.28. The summed E-state index contributed by atoms with van der Waals surface area (Å²) in [6, 6.07) is 11.9. The second kappa shape index (κ2) is 10.7. The Labute approximate surface area is 156 Å². The summed E-state index contributed by atoms with van der Waals surface area (Å²) in [6.45, 7) is 7.88. The summed E-state index contributed by atoms with van der Waals surface area (Å²) in [4.78, 5) is 18.8. The van der Waals surface area contributed by atoms with Crippen LogP contribution in [0.3, 0.4) is 0 Å². The zero-order valence-corrected chi connectivity index (χ0v) is 15.9. The van der Waals surface area contributed by atoms with Crippen molar-refractivity contribution in [3.63, 3.8) is 0 Å². The molecular weight excluding hydrogens is 326 g/mol. The SMILES string of the molecule is COCCN(Cc1cccnc1)Cc1cccc(C(=O)NCC(C)C)c1. The largest absolute Gasteiger partial charge is 0.383 e. The molecule has 1 N–H and O–H groups in total. The van der Waals surface area contributed by atoms with E-state index >= 15 is 0 Å². The van der Waals surface area contributed by atoms with Gasteiger partial charge in [0.2, 0.25) is 0 Å². The van der Waals surface area contributed by atoms with Crippen LogP contribution in [0.15, 0.2) is 48.8 Å².